The van der Waals surface area contributed by atoms with E-state index in [1.807, 2.05) is 44.2 Å². The van der Waals surface area contributed by atoms with Crippen LogP contribution in [0.2, 0.25) is 0 Å². The van der Waals surface area contributed by atoms with Crippen molar-refractivity contribution in [2.45, 2.75) is 51.3 Å². The summed E-state index contributed by atoms with van der Waals surface area (Å²) in [5.74, 6) is -1.66. The summed E-state index contributed by atoms with van der Waals surface area (Å²) in [6.07, 6.45) is 2.27. The molecular weight excluding hydrogens is 454 g/mol. The number of amides is 3. The number of ketones is 1. The van der Waals surface area contributed by atoms with Gasteiger partial charge in [0.1, 0.15) is 25.0 Å². The smallest absolute Gasteiger partial charge is 0.413 e. The third kappa shape index (κ3) is 6.92. The average Bonchev–Trinajstić information content (AvgIpc) is 3.46. The third-order valence-corrected chi connectivity index (χ3v) is 6.05. The number of carbonyl (C=O) groups excluding carboxylic acids is 4. The Bertz CT molecular complexity index is 1040. The number of nitrogens with zero attached hydrogens (tertiary/aromatic N) is 1. The maximum Gasteiger partial charge on any atom is 0.413 e. The summed E-state index contributed by atoms with van der Waals surface area (Å²) in [6, 6.07) is 9.19. The van der Waals surface area contributed by atoms with Crippen LogP contribution in [-0.2, 0) is 25.5 Å². The lowest BCUT2D eigenvalue weighted by atomic mass is 9.80. The van der Waals surface area contributed by atoms with Crippen LogP contribution in [0.1, 0.15) is 32.3 Å². The van der Waals surface area contributed by atoms with Crippen LogP contribution in [-0.4, -0.2) is 60.4 Å². The number of likely N-dealkylation sites (N-methyl/N-ethyl adjacent to an activating group) is 1. The number of primary amides is 1. The number of aryl methyl sites for hydroxylation is 1. The zero-order valence-corrected chi connectivity index (χ0v) is 20.1. The molecule has 0 radical (unpaired) electrons. The van der Waals surface area contributed by atoms with Gasteiger partial charge in [0.2, 0.25) is 11.8 Å². The second-order valence-electron chi connectivity index (χ2n) is 9.39. The predicted octanol–water partition coefficient (Wildman–Crippen LogP) is 2.07. The minimum absolute atomic E-state index is 0.179. The maximum atomic E-state index is 13.5. The quantitative estimate of drug-likeness (QED) is 0.525. The van der Waals surface area contributed by atoms with Gasteiger partial charge in [0, 0.05) is 13.1 Å². The molecule has 188 valence electrons. The van der Waals surface area contributed by atoms with Crippen LogP contribution in [0.3, 0.4) is 0 Å². The first-order valence-corrected chi connectivity index (χ1v) is 11.3. The Kier molecular flexibility index (Phi) is 8.29. The molecule has 2 unspecified atom stereocenters. The highest BCUT2D eigenvalue weighted by molar-refractivity contribution is 5.99. The van der Waals surface area contributed by atoms with Crippen molar-refractivity contribution < 1.29 is 33.1 Å². The van der Waals surface area contributed by atoms with Crippen molar-refractivity contribution in [1.29, 1.82) is 0 Å². The van der Waals surface area contributed by atoms with Crippen LogP contribution < -0.4 is 15.8 Å². The number of nitrogens with two attached hydrogens (primary N) is 1. The molecule has 3 atom stereocenters. The molecule has 10 nitrogen and oxygen atoms in total. The highest BCUT2D eigenvalue weighted by Crippen LogP contribution is 2.30. The van der Waals surface area contributed by atoms with Crippen molar-refractivity contribution >= 4 is 23.7 Å². The van der Waals surface area contributed by atoms with E-state index in [9.17, 15) is 19.2 Å². The Morgan fingerprint density at radius 2 is 1.94 bits per heavy atom. The first-order valence-electron chi connectivity index (χ1n) is 11.3. The van der Waals surface area contributed by atoms with Crippen LogP contribution in [0.4, 0.5) is 4.79 Å². The molecule has 0 saturated carbocycles. The Hall–Kier alpha value is -3.66. The molecule has 1 fully saturated rings. The van der Waals surface area contributed by atoms with Gasteiger partial charge in [-0.1, -0.05) is 44.2 Å². The van der Waals surface area contributed by atoms with Gasteiger partial charge in [-0.25, -0.2) is 4.79 Å². The molecule has 1 aromatic carbocycles. The molecule has 1 saturated heterocycles. The predicted molar refractivity (Wildman–Crippen MR) is 125 cm³/mol. The van der Waals surface area contributed by atoms with E-state index in [-0.39, 0.29) is 24.2 Å². The van der Waals surface area contributed by atoms with Gasteiger partial charge in [-0.15, -0.1) is 0 Å². The molecule has 3 rings (SSSR count). The van der Waals surface area contributed by atoms with E-state index in [1.165, 1.54) is 25.6 Å². The number of Topliss-reactive ketones (excluding diaryl/α,β-unsaturated/α-hetero) is 1. The van der Waals surface area contributed by atoms with E-state index in [4.69, 9.17) is 19.6 Å². The average molecular weight is 486 g/mol. The Morgan fingerprint density at radius 1 is 1.23 bits per heavy atom. The second-order valence-corrected chi connectivity index (χ2v) is 9.39. The first-order chi connectivity index (χ1) is 16.6. The highest BCUT2D eigenvalue weighted by atomic mass is 16.6. The number of hydrogen-bond acceptors (Lipinski definition) is 7. The number of benzene rings is 1. The fourth-order valence-corrected chi connectivity index (χ4v) is 4.13. The van der Waals surface area contributed by atoms with Crippen LogP contribution in [0.5, 0.6) is 5.75 Å². The van der Waals surface area contributed by atoms with Crippen molar-refractivity contribution in [3.8, 4) is 5.75 Å². The van der Waals surface area contributed by atoms with Crippen molar-refractivity contribution in [3.63, 3.8) is 0 Å². The Balaban J connectivity index is 1.76. The zero-order chi connectivity index (χ0) is 25.6. The van der Waals surface area contributed by atoms with Gasteiger partial charge < -0.3 is 29.8 Å². The van der Waals surface area contributed by atoms with Gasteiger partial charge in [-0.05, 0) is 30.2 Å². The number of hydrogen-bond donors (Lipinski definition) is 2. The van der Waals surface area contributed by atoms with Crippen molar-refractivity contribution in [2.24, 2.45) is 11.1 Å². The first kappa shape index (κ1) is 26.0. The SMILES string of the molecule is CN(C(=O)[C@H](CC(C)(C)CCc1ccccc1)NC(=O)Oc1ccoc1)C1C(=O)COC1C(N)=O. The van der Waals surface area contributed by atoms with E-state index in [0.29, 0.717) is 0 Å². The lowest BCUT2D eigenvalue weighted by Crippen LogP contribution is -2.57. The number of furan rings is 1. The summed E-state index contributed by atoms with van der Waals surface area (Å²) in [4.78, 5) is 51.4. The number of ether oxygens (including phenoxy) is 2. The molecule has 3 amide bonds. The van der Waals surface area contributed by atoms with E-state index in [0.717, 1.165) is 23.3 Å². The lowest BCUT2D eigenvalue weighted by Gasteiger charge is -2.34. The van der Waals surface area contributed by atoms with Gasteiger partial charge >= 0.3 is 6.09 Å². The fourth-order valence-electron chi connectivity index (χ4n) is 4.13. The largest absolute Gasteiger partial charge is 0.469 e. The van der Waals surface area contributed by atoms with Crippen LogP contribution in [0.25, 0.3) is 0 Å². The lowest BCUT2D eigenvalue weighted by molar-refractivity contribution is -0.141. The van der Waals surface area contributed by atoms with E-state index < -0.39 is 41.9 Å². The molecule has 10 heteroatoms. The summed E-state index contributed by atoms with van der Waals surface area (Å²) in [5.41, 5.74) is 6.15. The normalized spacial score (nSPS) is 18.7. The minimum Gasteiger partial charge on any atom is -0.469 e. The van der Waals surface area contributed by atoms with Gasteiger partial charge in [0.05, 0.1) is 6.26 Å². The zero-order valence-electron chi connectivity index (χ0n) is 20.1. The second kappa shape index (κ2) is 11.2. The number of rotatable bonds is 10. The summed E-state index contributed by atoms with van der Waals surface area (Å²) in [6.45, 7) is 3.67. The molecule has 3 N–H and O–H groups in total. The molecule has 0 aliphatic carbocycles. The van der Waals surface area contributed by atoms with E-state index >= 15 is 0 Å². The van der Waals surface area contributed by atoms with Crippen molar-refractivity contribution in [3.05, 3.63) is 54.5 Å². The van der Waals surface area contributed by atoms with Crippen LogP contribution in [0, 0.1) is 5.41 Å². The molecule has 0 spiro atoms. The molecule has 2 aromatic rings. The highest BCUT2D eigenvalue weighted by Gasteiger charge is 2.45. The Labute approximate surface area is 203 Å². The number of carbonyl (C=O) groups is 4. The molecule has 35 heavy (non-hydrogen) atoms. The monoisotopic (exact) mass is 485 g/mol. The van der Waals surface area contributed by atoms with Crippen molar-refractivity contribution in [1.82, 2.24) is 10.2 Å². The Morgan fingerprint density at radius 3 is 2.57 bits per heavy atom. The summed E-state index contributed by atoms with van der Waals surface area (Å²) < 4.78 is 15.3. The van der Waals surface area contributed by atoms with Gasteiger partial charge in [0.25, 0.3) is 0 Å². The molecular formula is C25H31N3O7. The molecule has 1 aliphatic heterocycles. The van der Waals surface area contributed by atoms with Gasteiger partial charge in [-0.2, -0.15) is 0 Å². The van der Waals surface area contributed by atoms with E-state index in [1.54, 1.807) is 0 Å². The van der Waals surface area contributed by atoms with Crippen molar-refractivity contribution in [2.75, 3.05) is 13.7 Å². The number of nitrogens with one attached hydrogen (secondary N) is 1. The maximum absolute atomic E-state index is 13.5. The molecule has 2 heterocycles. The van der Waals surface area contributed by atoms with Gasteiger partial charge in [0.15, 0.2) is 17.6 Å². The molecule has 1 aromatic heterocycles. The molecule has 1 aliphatic rings. The van der Waals surface area contributed by atoms with Gasteiger partial charge in [-0.3, -0.25) is 14.4 Å². The summed E-state index contributed by atoms with van der Waals surface area (Å²) in [7, 11) is 1.39. The van der Waals surface area contributed by atoms with E-state index in [2.05, 4.69) is 5.32 Å². The van der Waals surface area contributed by atoms with Crippen LogP contribution in [0.15, 0.2) is 53.3 Å². The third-order valence-electron chi connectivity index (χ3n) is 6.05. The van der Waals surface area contributed by atoms with Crippen LogP contribution >= 0.6 is 0 Å². The molecule has 0 bridgehead atoms. The standard InChI is InChI=1S/C25H31N3O7/c1-25(2,11-9-16-7-5-4-6-8-16)13-18(27-24(32)35-17-10-12-33-14-17)23(31)28(3)20-19(29)15-34-21(20)22(26)30/h4-8,10,12,14,18,20-21H,9,11,13,15H2,1-3H3,(H2,26,30)(H,27,32)/t18-,20?,21?/m0/s1. The summed E-state index contributed by atoms with van der Waals surface area (Å²) in [5, 5.41) is 2.61. The minimum atomic E-state index is -1.25. The fraction of sp³-hybridized carbons (Fsp3) is 0.440. The topological polar surface area (TPSA) is 141 Å². The summed E-state index contributed by atoms with van der Waals surface area (Å²) >= 11 is 0.